The van der Waals surface area contributed by atoms with E-state index in [9.17, 15) is 4.79 Å². The van der Waals surface area contributed by atoms with Crippen molar-refractivity contribution in [3.05, 3.63) is 23.5 Å². The number of carbonyl (C=O) groups is 1. The Morgan fingerprint density at radius 3 is 2.55 bits per heavy atom. The molecule has 2 fully saturated rings. The number of likely N-dealkylation sites (tertiary alicyclic amines) is 1. The zero-order valence-corrected chi connectivity index (χ0v) is 12.4. The molecule has 0 aliphatic carbocycles. The average Bonchev–Trinajstić information content (AvgIpc) is 3.01. The summed E-state index contributed by atoms with van der Waals surface area (Å²) in [7, 11) is 0. The zero-order chi connectivity index (χ0) is 13.9. The predicted octanol–water partition coefficient (Wildman–Crippen LogP) is 2.57. The van der Waals surface area contributed by atoms with Crippen molar-refractivity contribution in [3.63, 3.8) is 0 Å². The van der Waals surface area contributed by atoms with E-state index in [-0.39, 0.29) is 5.92 Å². The van der Waals surface area contributed by atoms with Crippen molar-refractivity contribution in [2.45, 2.75) is 25.7 Å². The molecule has 2 aliphatic heterocycles. The normalized spacial score (nSPS) is 20.4. The van der Waals surface area contributed by atoms with E-state index < -0.39 is 0 Å². The number of piperidine rings is 1. The minimum Gasteiger partial charge on any atom is -0.371 e. The van der Waals surface area contributed by atoms with Gasteiger partial charge in [0.1, 0.15) is 5.15 Å². The molecule has 3 rings (SSSR count). The molecule has 0 atom stereocenters. The predicted molar refractivity (Wildman–Crippen MR) is 80.0 cm³/mol. The minimum absolute atomic E-state index is 0.210. The van der Waals surface area contributed by atoms with Crippen LogP contribution in [0.1, 0.15) is 25.7 Å². The van der Waals surface area contributed by atoms with Crippen LogP contribution in [0.4, 0.5) is 5.69 Å². The van der Waals surface area contributed by atoms with E-state index in [0.717, 1.165) is 44.7 Å². The fourth-order valence-electron chi connectivity index (χ4n) is 3.17. The molecule has 108 valence electrons. The van der Waals surface area contributed by atoms with Crippen LogP contribution in [0.3, 0.4) is 0 Å². The third-order valence-electron chi connectivity index (χ3n) is 4.34. The van der Waals surface area contributed by atoms with E-state index in [2.05, 4.69) is 9.88 Å². The third-order valence-corrected chi connectivity index (χ3v) is 4.54. The van der Waals surface area contributed by atoms with Crippen LogP contribution in [0.2, 0.25) is 5.15 Å². The number of halogens is 1. The smallest absolute Gasteiger partial charge is 0.225 e. The lowest BCUT2D eigenvalue weighted by Gasteiger charge is -2.34. The van der Waals surface area contributed by atoms with Gasteiger partial charge in [-0.3, -0.25) is 4.79 Å². The lowest BCUT2D eigenvalue weighted by molar-refractivity contribution is -0.135. The highest BCUT2D eigenvalue weighted by Gasteiger charge is 2.29. The maximum atomic E-state index is 12.4. The van der Waals surface area contributed by atoms with Gasteiger partial charge >= 0.3 is 0 Å². The maximum absolute atomic E-state index is 12.4. The number of rotatable bonds is 2. The van der Waals surface area contributed by atoms with Gasteiger partial charge in [-0.25, -0.2) is 4.98 Å². The van der Waals surface area contributed by atoms with Crippen LogP contribution in [-0.2, 0) is 4.79 Å². The van der Waals surface area contributed by atoms with Crippen molar-refractivity contribution in [3.8, 4) is 0 Å². The van der Waals surface area contributed by atoms with Gasteiger partial charge in [0.25, 0.3) is 0 Å². The molecular weight excluding hydrogens is 274 g/mol. The second kappa shape index (κ2) is 6.00. The number of amides is 1. The fraction of sp³-hybridized carbons (Fsp3) is 0.600. The number of carbonyl (C=O) groups excluding carboxylic acids is 1. The highest BCUT2D eigenvalue weighted by molar-refractivity contribution is 6.29. The molecule has 0 spiro atoms. The van der Waals surface area contributed by atoms with E-state index >= 15 is 0 Å². The standard InChI is InChI=1S/C15H20ClN3O/c16-14-11-13(3-6-17-14)18-9-4-12(5-10-18)15(20)19-7-1-2-8-19/h3,6,11-12H,1-2,4-5,7-10H2. The molecule has 20 heavy (non-hydrogen) atoms. The van der Waals surface area contributed by atoms with E-state index in [1.165, 1.54) is 12.8 Å². The second-order valence-corrected chi connectivity index (χ2v) is 6.02. The molecule has 0 bridgehead atoms. The minimum atomic E-state index is 0.210. The summed E-state index contributed by atoms with van der Waals surface area (Å²) in [5.41, 5.74) is 1.11. The van der Waals surface area contributed by atoms with E-state index in [1.807, 2.05) is 17.0 Å². The third kappa shape index (κ3) is 2.90. The molecule has 1 aromatic rings. The highest BCUT2D eigenvalue weighted by Crippen LogP contribution is 2.26. The first kappa shape index (κ1) is 13.7. The molecule has 2 saturated heterocycles. The first-order chi connectivity index (χ1) is 9.74. The summed E-state index contributed by atoms with van der Waals surface area (Å²) in [4.78, 5) is 20.7. The summed E-state index contributed by atoms with van der Waals surface area (Å²) < 4.78 is 0. The van der Waals surface area contributed by atoms with Crippen LogP contribution >= 0.6 is 11.6 Å². The van der Waals surface area contributed by atoms with Gasteiger partial charge in [-0.1, -0.05) is 11.6 Å². The van der Waals surface area contributed by atoms with Crippen molar-refractivity contribution >= 4 is 23.2 Å². The number of anilines is 1. The Balaban J connectivity index is 1.58. The molecule has 3 heterocycles. The topological polar surface area (TPSA) is 36.4 Å². The summed E-state index contributed by atoms with van der Waals surface area (Å²) >= 11 is 5.93. The lowest BCUT2D eigenvalue weighted by Crippen LogP contribution is -2.41. The van der Waals surface area contributed by atoms with Gasteiger partial charge in [-0.2, -0.15) is 0 Å². The monoisotopic (exact) mass is 293 g/mol. The summed E-state index contributed by atoms with van der Waals surface area (Å²) in [6, 6.07) is 3.87. The van der Waals surface area contributed by atoms with Crippen LogP contribution in [0.15, 0.2) is 18.3 Å². The highest BCUT2D eigenvalue weighted by atomic mass is 35.5. The van der Waals surface area contributed by atoms with Crippen LogP contribution in [-0.4, -0.2) is 42.0 Å². The van der Waals surface area contributed by atoms with Gasteiger partial charge in [0.05, 0.1) is 0 Å². The van der Waals surface area contributed by atoms with Gasteiger partial charge < -0.3 is 9.80 Å². The molecule has 0 radical (unpaired) electrons. The molecule has 2 aliphatic rings. The van der Waals surface area contributed by atoms with Crippen molar-refractivity contribution in [1.82, 2.24) is 9.88 Å². The Hall–Kier alpha value is -1.29. The average molecular weight is 294 g/mol. The Morgan fingerprint density at radius 2 is 1.90 bits per heavy atom. The van der Waals surface area contributed by atoms with E-state index in [4.69, 9.17) is 11.6 Å². The van der Waals surface area contributed by atoms with E-state index in [0.29, 0.717) is 11.1 Å². The maximum Gasteiger partial charge on any atom is 0.225 e. The molecule has 1 amide bonds. The van der Waals surface area contributed by atoms with Crippen molar-refractivity contribution in [2.75, 3.05) is 31.1 Å². The lowest BCUT2D eigenvalue weighted by atomic mass is 9.95. The van der Waals surface area contributed by atoms with Gasteiger partial charge in [0.15, 0.2) is 0 Å². The van der Waals surface area contributed by atoms with E-state index in [1.54, 1.807) is 6.20 Å². The molecule has 5 heteroatoms. The fourth-order valence-corrected chi connectivity index (χ4v) is 3.34. The quantitative estimate of drug-likeness (QED) is 0.787. The Kier molecular flexibility index (Phi) is 4.10. The SMILES string of the molecule is O=C(C1CCN(c2ccnc(Cl)c2)CC1)N1CCCC1. The molecule has 0 N–H and O–H groups in total. The van der Waals surface area contributed by atoms with Crippen LogP contribution < -0.4 is 4.90 Å². The molecule has 1 aromatic heterocycles. The molecule has 4 nitrogen and oxygen atoms in total. The zero-order valence-electron chi connectivity index (χ0n) is 11.6. The summed E-state index contributed by atoms with van der Waals surface area (Å²) in [6.45, 7) is 3.76. The molecular formula is C15H20ClN3O. The largest absolute Gasteiger partial charge is 0.371 e. The number of hydrogen-bond donors (Lipinski definition) is 0. The second-order valence-electron chi connectivity index (χ2n) is 5.63. The number of aromatic nitrogens is 1. The first-order valence-electron chi connectivity index (χ1n) is 7.39. The van der Waals surface area contributed by atoms with Crippen LogP contribution in [0.25, 0.3) is 0 Å². The number of pyridine rings is 1. The van der Waals surface area contributed by atoms with Crippen molar-refractivity contribution in [1.29, 1.82) is 0 Å². The first-order valence-corrected chi connectivity index (χ1v) is 7.77. The van der Waals surface area contributed by atoms with Gasteiger partial charge in [-0.15, -0.1) is 0 Å². The molecule has 0 aromatic carbocycles. The van der Waals surface area contributed by atoms with Gasteiger partial charge in [0, 0.05) is 44.0 Å². The van der Waals surface area contributed by atoms with Gasteiger partial charge in [-0.05, 0) is 37.8 Å². The number of nitrogens with zero attached hydrogens (tertiary/aromatic N) is 3. The Labute approximate surface area is 124 Å². The van der Waals surface area contributed by atoms with Crippen molar-refractivity contribution < 1.29 is 4.79 Å². The van der Waals surface area contributed by atoms with Crippen LogP contribution in [0, 0.1) is 5.92 Å². The summed E-state index contributed by atoms with van der Waals surface area (Å²) in [5.74, 6) is 0.580. The van der Waals surface area contributed by atoms with Crippen molar-refractivity contribution in [2.24, 2.45) is 5.92 Å². The van der Waals surface area contributed by atoms with Crippen LogP contribution in [0.5, 0.6) is 0 Å². The van der Waals surface area contributed by atoms with Gasteiger partial charge in [0.2, 0.25) is 5.91 Å². The Morgan fingerprint density at radius 1 is 1.20 bits per heavy atom. The summed E-state index contributed by atoms with van der Waals surface area (Å²) in [5, 5.41) is 0.526. The Bertz CT molecular complexity index is 480. The molecule has 0 saturated carbocycles. The number of hydrogen-bond acceptors (Lipinski definition) is 3. The molecule has 0 unspecified atom stereocenters. The summed E-state index contributed by atoms with van der Waals surface area (Å²) in [6.07, 6.45) is 5.95.